The van der Waals surface area contributed by atoms with Gasteiger partial charge in [-0.15, -0.1) is 0 Å². The summed E-state index contributed by atoms with van der Waals surface area (Å²) < 4.78 is 33.4. The topological polar surface area (TPSA) is 155 Å². The van der Waals surface area contributed by atoms with Crippen LogP contribution in [0.4, 0.5) is 0 Å². The number of hydrogen-bond acceptors (Lipinski definition) is 8. The highest BCUT2D eigenvalue weighted by Crippen LogP contribution is 2.43. The average molecular weight is 832 g/mol. The summed E-state index contributed by atoms with van der Waals surface area (Å²) >= 11 is 0. The van der Waals surface area contributed by atoms with Crippen LogP contribution in [0.2, 0.25) is 0 Å². The lowest BCUT2D eigenvalue weighted by molar-refractivity contribution is -0.154. The van der Waals surface area contributed by atoms with Crippen molar-refractivity contribution in [1.82, 2.24) is 0 Å². The van der Waals surface area contributed by atoms with Gasteiger partial charge in [-0.3, -0.25) is 18.6 Å². The van der Waals surface area contributed by atoms with E-state index in [9.17, 15) is 19.0 Å². The fourth-order valence-electron chi connectivity index (χ4n) is 6.84. The Morgan fingerprint density at radius 2 is 0.912 bits per heavy atom. The monoisotopic (exact) mass is 832 g/mol. The molecule has 0 fully saturated rings. The molecule has 338 valence electrons. The molecular weight excluding hydrogens is 741 g/mol. The van der Waals surface area contributed by atoms with E-state index in [1.807, 2.05) is 0 Å². The number of esters is 1. The first-order chi connectivity index (χ1) is 27.7. The number of nitrogens with two attached hydrogens (primary N) is 1. The lowest BCUT2D eigenvalue weighted by atomic mass is 10.0. The van der Waals surface area contributed by atoms with Crippen LogP contribution in [0, 0.1) is 0 Å². The highest BCUT2D eigenvalue weighted by atomic mass is 31.2. The SMILES string of the molecule is CCCCCCC/C=C\CCCCCCCC(=O)OC(COCCCCCCCCCCCCCCCCCCCCCCC)COP(=O)(O)OCC(N)C(=O)O. The summed E-state index contributed by atoms with van der Waals surface area (Å²) in [5, 5.41) is 8.90. The van der Waals surface area contributed by atoms with E-state index >= 15 is 0 Å². The molecule has 0 saturated heterocycles. The van der Waals surface area contributed by atoms with E-state index < -0.39 is 45.1 Å². The van der Waals surface area contributed by atoms with Gasteiger partial charge >= 0.3 is 19.8 Å². The summed E-state index contributed by atoms with van der Waals surface area (Å²) in [5.74, 6) is -1.78. The molecule has 0 spiro atoms. The molecule has 57 heavy (non-hydrogen) atoms. The Hall–Kier alpha value is -1.29. The van der Waals surface area contributed by atoms with Gasteiger partial charge in [0.1, 0.15) is 12.1 Å². The summed E-state index contributed by atoms with van der Waals surface area (Å²) in [6, 6.07) is -1.47. The maximum absolute atomic E-state index is 12.6. The van der Waals surface area contributed by atoms with Gasteiger partial charge in [-0.05, 0) is 38.5 Å². The second kappa shape index (κ2) is 42.8. The average Bonchev–Trinajstić information content (AvgIpc) is 3.19. The smallest absolute Gasteiger partial charge is 0.472 e. The van der Waals surface area contributed by atoms with Crippen molar-refractivity contribution < 1.29 is 42.7 Å². The minimum absolute atomic E-state index is 0.0197. The van der Waals surface area contributed by atoms with Gasteiger partial charge in [-0.2, -0.15) is 0 Å². The molecule has 10 nitrogen and oxygen atoms in total. The van der Waals surface area contributed by atoms with Crippen LogP contribution in [-0.4, -0.2) is 60.5 Å². The molecule has 0 aromatic rings. The van der Waals surface area contributed by atoms with Gasteiger partial charge in [0, 0.05) is 13.0 Å². The summed E-state index contributed by atoms with van der Waals surface area (Å²) in [6.45, 7) is 3.91. The zero-order chi connectivity index (χ0) is 41.9. The van der Waals surface area contributed by atoms with E-state index in [0.29, 0.717) is 13.0 Å². The Balaban J connectivity index is 4.12. The Morgan fingerprint density at radius 1 is 0.544 bits per heavy atom. The van der Waals surface area contributed by atoms with Crippen molar-refractivity contribution in [3.8, 4) is 0 Å². The summed E-state index contributed by atoms with van der Waals surface area (Å²) in [5.41, 5.74) is 5.36. The van der Waals surface area contributed by atoms with Crippen LogP contribution in [0.3, 0.4) is 0 Å². The maximum atomic E-state index is 12.6. The Kier molecular flexibility index (Phi) is 41.9. The molecule has 0 aromatic carbocycles. The summed E-state index contributed by atoms with van der Waals surface area (Å²) in [6.07, 6.45) is 45.5. The van der Waals surface area contributed by atoms with Gasteiger partial charge in [0.15, 0.2) is 0 Å². The molecule has 3 atom stereocenters. The number of phosphoric acid groups is 1. The Labute approximate surface area is 350 Å². The Morgan fingerprint density at radius 3 is 1.33 bits per heavy atom. The normalized spacial score (nSPS) is 13.9. The minimum atomic E-state index is -4.61. The van der Waals surface area contributed by atoms with Crippen molar-refractivity contribution in [2.75, 3.05) is 26.4 Å². The zero-order valence-corrected chi connectivity index (χ0v) is 37.9. The van der Waals surface area contributed by atoms with Crippen molar-refractivity contribution in [3.05, 3.63) is 12.2 Å². The van der Waals surface area contributed by atoms with E-state index in [1.165, 1.54) is 154 Å². The summed E-state index contributed by atoms with van der Waals surface area (Å²) in [7, 11) is -4.61. The molecule has 0 aliphatic heterocycles. The van der Waals surface area contributed by atoms with Crippen LogP contribution >= 0.6 is 7.82 Å². The van der Waals surface area contributed by atoms with E-state index in [0.717, 1.165) is 51.4 Å². The number of aliphatic carboxylic acids is 1. The van der Waals surface area contributed by atoms with E-state index in [1.54, 1.807) is 0 Å². The van der Waals surface area contributed by atoms with Crippen molar-refractivity contribution in [1.29, 1.82) is 0 Å². The van der Waals surface area contributed by atoms with Crippen LogP contribution in [0.5, 0.6) is 0 Å². The fraction of sp³-hybridized carbons (Fsp3) is 0.913. The van der Waals surface area contributed by atoms with Gasteiger partial charge in [-0.25, -0.2) is 4.57 Å². The number of phosphoric ester groups is 1. The number of carbonyl (C=O) groups excluding carboxylic acids is 1. The quantitative estimate of drug-likeness (QED) is 0.0234. The minimum Gasteiger partial charge on any atom is -0.480 e. The highest BCUT2D eigenvalue weighted by Gasteiger charge is 2.27. The van der Waals surface area contributed by atoms with Crippen molar-refractivity contribution in [2.45, 2.75) is 244 Å². The second-order valence-corrected chi connectivity index (χ2v) is 17.7. The summed E-state index contributed by atoms with van der Waals surface area (Å²) in [4.78, 5) is 33.6. The third-order valence-corrected chi connectivity index (χ3v) is 11.5. The fourth-order valence-corrected chi connectivity index (χ4v) is 7.61. The molecule has 0 aliphatic carbocycles. The van der Waals surface area contributed by atoms with Crippen LogP contribution in [0.15, 0.2) is 12.2 Å². The number of carboxylic acid groups (broad SMARTS) is 1. The largest absolute Gasteiger partial charge is 0.480 e. The van der Waals surface area contributed by atoms with Crippen LogP contribution in [-0.2, 0) is 32.7 Å². The lowest BCUT2D eigenvalue weighted by Crippen LogP contribution is -2.34. The first-order valence-electron chi connectivity index (χ1n) is 23.7. The van der Waals surface area contributed by atoms with Gasteiger partial charge < -0.3 is 25.2 Å². The van der Waals surface area contributed by atoms with Crippen LogP contribution < -0.4 is 5.73 Å². The van der Waals surface area contributed by atoms with Crippen LogP contribution in [0.1, 0.15) is 232 Å². The molecule has 4 N–H and O–H groups in total. The molecule has 0 aliphatic rings. The second-order valence-electron chi connectivity index (χ2n) is 16.2. The zero-order valence-electron chi connectivity index (χ0n) is 37.0. The number of allylic oxidation sites excluding steroid dienone is 2. The molecular formula is C46H90NO9P. The van der Waals surface area contributed by atoms with Crippen LogP contribution in [0.25, 0.3) is 0 Å². The lowest BCUT2D eigenvalue weighted by Gasteiger charge is -2.20. The number of hydrogen-bond donors (Lipinski definition) is 3. The standard InChI is InChI=1S/C46H90NO9P/c1-3-5-7-9-11-13-15-17-19-20-21-22-23-24-25-27-29-31-33-35-37-39-53-40-43(41-54-57(51,52)55-42-44(47)46(49)50)56-45(48)38-36-34-32-30-28-26-18-16-14-12-10-8-6-4-2/h16,18,43-44H,3-15,17,19-42,47H2,1-2H3,(H,49,50)(H,51,52)/b18-16-. The molecule has 3 unspecified atom stereocenters. The Bertz CT molecular complexity index is 966. The molecule has 0 heterocycles. The molecule has 0 saturated carbocycles. The highest BCUT2D eigenvalue weighted by molar-refractivity contribution is 7.47. The van der Waals surface area contributed by atoms with Gasteiger partial charge in [0.25, 0.3) is 0 Å². The number of unbranched alkanes of at least 4 members (excludes halogenated alkanes) is 30. The van der Waals surface area contributed by atoms with Gasteiger partial charge in [0.05, 0.1) is 19.8 Å². The molecule has 0 aromatic heterocycles. The van der Waals surface area contributed by atoms with Crippen molar-refractivity contribution in [2.24, 2.45) is 5.73 Å². The predicted octanol–water partition coefficient (Wildman–Crippen LogP) is 13.3. The number of rotatable bonds is 46. The van der Waals surface area contributed by atoms with E-state index in [4.69, 9.17) is 29.4 Å². The first kappa shape index (κ1) is 55.7. The van der Waals surface area contributed by atoms with Gasteiger partial charge in [-0.1, -0.05) is 199 Å². The third kappa shape index (κ3) is 42.6. The number of carboxylic acids is 1. The van der Waals surface area contributed by atoms with E-state index in [-0.39, 0.29) is 13.0 Å². The van der Waals surface area contributed by atoms with Crippen molar-refractivity contribution in [3.63, 3.8) is 0 Å². The molecule has 0 radical (unpaired) electrons. The third-order valence-electron chi connectivity index (χ3n) is 10.5. The molecule has 0 amide bonds. The van der Waals surface area contributed by atoms with E-state index in [2.05, 4.69) is 26.0 Å². The predicted molar refractivity (Wildman–Crippen MR) is 236 cm³/mol. The maximum Gasteiger partial charge on any atom is 0.472 e. The first-order valence-corrected chi connectivity index (χ1v) is 25.2. The number of carbonyl (C=O) groups is 2. The molecule has 0 bridgehead atoms. The van der Waals surface area contributed by atoms with Gasteiger partial charge in [0.2, 0.25) is 0 Å². The molecule has 0 rings (SSSR count). The number of ether oxygens (including phenoxy) is 2. The van der Waals surface area contributed by atoms with Crippen molar-refractivity contribution >= 4 is 19.8 Å². The molecule has 11 heteroatoms.